The number of halogens is 2. The van der Waals surface area contributed by atoms with Crippen LogP contribution in [0.3, 0.4) is 0 Å². The Kier molecular flexibility index (Phi) is 2.69. The van der Waals surface area contributed by atoms with Gasteiger partial charge >= 0.3 is 0 Å². The van der Waals surface area contributed by atoms with Crippen molar-refractivity contribution in [3.8, 4) is 0 Å². The van der Waals surface area contributed by atoms with Crippen LogP contribution in [-0.2, 0) is 0 Å². The fourth-order valence-corrected chi connectivity index (χ4v) is 0.798. The van der Waals surface area contributed by atoms with Gasteiger partial charge in [-0.25, -0.2) is 8.78 Å². The first-order valence-corrected chi connectivity index (χ1v) is 3.38. The molecule has 0 saturated carbocycles. The summed E-state index contributed by atoms with van der Waals surface area (Å²) >= 11 is 0. The van der Waals surface area contributed by atoms with Gasteiger partial charge in [0.25, 0.3) is 0 Å². The lowest BCUT2D eigenvalue weighted by Gasteiger charge is -2.02. The average Bonchev–Trinajstić information content (AvgIpc) is 2.08. The van der Waals surface area contributed by atoms with E-state index >= 15 is 0 Å². The molecule has 2 N–H and O–H groups in total. The first-order valence-electron chi connectivity index (χ1n) is 3.38. The zero-order valence-electron chi connectivity index (χ0n) is 6.37. The molecule has 1 rings (SSSR count). The number of hydrogen-bond donors (Lipinski definition) is 2. The van der Waals surface area contributed by atoms with Crippen molar-refractivity contribution in [2.24, 2.45) is 0 Å². The van der Waals surface area contributed by atoms with Crippen LogP contribution in [0.1, 0.15) is 10.4 Å². The van der Waals surface area contributed by atoms with Gasteiger partial charge < -0.3 is 10.2 Å². The standard InChI is InChI=1S/C8H6F2O3/c9-5-2-1-4(3-6(5)10)7(11)8(12)13/h1-3,8,12-13H. The van der Waals surface area contributed by atoms with Gasteiger partial charge in [-0.05, 0) is 18.2 Å². The average molecular weight is 188 g/mol. The number of aliphatic hydroxyl groups is 2. The summed E-state index contributed by atoms with van der Waals surface area (Å²) in [7, 11) is 0. The molecule has 0 amide bonds. The quantitative estimate of drug-likeness (QED) is 0.523. The molecule has 3 nitrogen and oxygen atoms in total. The summed E-state index contributed by atoms with van der Waals surface area (Å²) in [5, 5.41) is 16.8. The summed E-state index contributed by atoms with van der Waals surface area (Å²) in [5.74, 6) is -3.37. The van der Waals surface area contributed by atoms with E-state index in [-0.39, 0.29) is 5.56 Å². The molecular weight excluding hydrogens is 182 g/mol. The number of rotatable bonds is 2. The van der Waals surface area contributed by atoms with Gasteiger partial charge in [0.15, 0.2) is 11.6 Å². The maximum Gasteiger partial charge on any atom is 0.218 e. The molecule has 0 bridgehead atoms. The van der Waals surface area contributed by atoms with E-state index in [0.717, 1.165) is 12.1 Å². The largest absolute Gasteiger partial charge is 0.362 e. The van der Waals surface area contributed by atoms with Crippen LogP contribution in [0.5, 0.6) is 0 Å². The van der Waals surface area contributed by atoms with E-state index in [4.69, 9.17) is 10.2 Å². The summed E-state index contributed by atoms with van der Waals surface area (Å²) in [6, 6.07) is 2.32. The molecule has 1 aromatic carbocycles. The summed E-state index contributed by atoms with van der Waals surface area (Å²) < 4.78 is 24.9. The maximum absolute atomic E-state index is 12.5. The van der Waals surface area contributed by atoms with Gasteiger partial charge in [0.2, 0.25) is 12.1 Å². The number of aliphatic hydroxyl groups excluding tert-OH is 1. The first kappa shape index (κ1) is 9.76. The van der Waals surface area contributed by atoms with E-state index in [1.165, 1.54) is 0 Å². The Balaban J connectivity index is 3.04. The van der Waals surface area contributed by atoms with Gasteiger partial charge in [0, 0.05) is 5.56 Å². The van der Waals surface area contributed by atoms with E-state index in [0.29, 0.717) is 6.07 Å². The predicted molar refractivity (Wildman–Crippen MR) is 38.9 cm³/mol. The lowest BCUT2D eigenvalue weighted by atomic mass is 10.1. The van der Waals surface area contributed by atoms with Crippen molar-refractivity contribution in [1.82, 2.24) is 0 Å². The highest BCUT2D eigenvalue weighted by Gasteiger charge is 2.15. The van der Waals surface area contributed by atoms with Crippen molar-refractivity contribution >= 4 is 5.78 Å². The lowest BCUT2D eigenvalue weighted by Crippen LogP contribution is -2.19. The molecule has 0 aliphatic heterocycles. The minimum atomic E-state index is -2.20. The van der Waals surface area contributed by atoms with E-state index in [9.17, 15) is 13.6 Å². The molecule has 0 aromatic heterocycles. The summed E-state index contributed by atoms with van der Waals surface area (Å²) in [4.78, 5) is 10.8. The van der Waals surface area contributed by atoms with Crippen LogP contribution < -0.4 is 0 Å². The molecule has 13 heavy (non-hydrogen) atoms. The topological polar surface area (TPSA) is 57.5 Å². The molecule has 0 spiro atoms. The molecule has 1 aromatic rings. The Morgan fingerprint density at radius 3 is 2.31 bits per heavy atom. The Hall–Kier alpha value is -1.33. The Labute approximate surface area is 72.2 Å². The second kappa shape index (κ2) is 3.59. The zero-order valence-corrected chi connectivity index (χ0v) is 6.37. The minimum absolute atomic E-state index is 0.283. The molecule has 70 valence electrons. The summed E-state index contributed by atoms with van der Waals surface area (Å²) in [5.41, 5.74) is -0.283. The second-order valence-corrected chi connectivity index (χ2v) is 2.37. The predicted octanol–water partition coefficient (Wildman–Crippen LogP) is 0.458. The number of ketones is 1. The Morgan fingerprint density at radius 2 is 1.85 bits per heavy atom. The van der Waals surface area contributed by atoms with Gasteiger partial charge in [-0.1, -0.05) is 0 Å². The highest BCUT2D eigenvalue weighted by atomic mass is 19.2. The third-order valence-electron chi connectivity index (χ3n) is 1.44. The first-order chi connectivity index (χ1) is 6.02. The highest BCUT2D eigenvalue weighted by molar-refractivity contribution is 5.98. The number of Topliss-reactive ketones (excluding diaryl/α,β-unsaturated/α-hetero) is 1. The van der Waals surface area contributed by atoms with Gasteiger partial charge in [-0.2, -0.15) is 0 Å². The SMILES string of the molecule is O=C(c1ccc(F)c(F)c1)C(O)O. The van der Waals surface area contributed by atoms with E-state index in [2.05, 4.69) is 0 Å². The lowest BCUT2D eigenvalue weighted by molar-refractivity contribution is -0.0195. The fourth-order valence-electron chi connectivity index (χ4n) is 0.798. The number of carbonyl (C=O) groups is 1. The molecule has 5 heteroatoms. The van der Waals surface area contributed by atoms with Crippen molar-refractivity contribution in [2.75, 3.05) is 0 Å². The van der Waals surface area contributed by atoms with Crippen molar-refractivity contribution in [1.29, 1.82) is 0 Å². The van der Waals surface area contributed by atoms with Crippen molar-refractivity contribution in [2.45, 2.75) is 6.29 Å². The number of carbonyl (C=O) groups excluding carboxylic acids is 1. The van der Waals surface area contributed by atoms with Gasteiger partial charge in [-0.15, -0.1) is 0 Å². The molecule has 0 atom stereocenters. The van der Waals surface area contributed by atoms with E-state index < -0.39 is 23.7 Å². The highest BCUT2D eigenvalue weighted by Crippen LogP contribution is 2.09. The summed E-state index contributed by atoms with van der Waals surface area (Å²) in [6.45, 7) is 0. The molecule has 0 unspecified atom stereocenters. The van der Waals surface area contributed by atoms with Crippen LogP contribution in [0.15, 0.2) is 18.2 Å². The minimum Gasteiger partial charge on any atom is -0.362 e. The molecule has 0 heterocycles. The van der Waals surface area contributed by atoms with Crippen LogP contribution in [0.4, 0.5) is 8.78 Å². The molecule has 0 fully saturated rings. The van der Waals surface area contributed by atoms with Crippen LogP contribution >= 0.6 is 0 Å². The molecule has 0 saturated heterocycles. The molecule has 0 aliphatic rings. The van der Waals surface area contributed by atoms with E-state index in [1.807, 2.05) is 0 Å². The zero-order chi connectivity index (χ0) is 10.0. The van der Waals surface area contributed by atoms with Crippen molar-refractivity contribution in [3.05, 3.63) is 35.4 Å². The van der Waals surface area contributed by atoms with Crippen LogP contribution in [-0.4, -0.2) is 22.3 Å². The normalized spacial score (nSPS) is 10.5. The third kappa shape index (κ3) is 2.07. The smallest absolute Gasteiger partial charge is 0.218 e. The van der Waals surface area contributed by atoms with Gasteiger partial charge in [0.1, 0.15) is 0 Å². The second-order valence-electron chi connectivity index (χ2n) is 2.37. The van der Waals surface area contributed by atoms with E-state index in [1.54, 1.807) is 0 Å². The molecule has 0 aliphatic carbocycles. The van der Waals surface area contributed by atoms with Crippen LogP contribution in [0.25, 0.3) is 0 Å². The number of benzene rings is 1. The Bertz CT molecular complexity index is 336. The molecule has 0 radical (unpaired) electrons. The van der Waals surface area contributed by atoms with Crippen molar-refractivity contribution < 1.29 is 23.8 Å². The van der Waals surface area contributed by atoms with Crippen LogP contribution in [0, 0.1) is 11.6 Å². The fraction of sp³-hybridized carbons (Fsp3) is 0.125. The van der Waals surface area contributed by atoms with Crippen molar-refractivity contribution in [3.63, 3.8) is 0 Å². The number of hydrogen-bond acceptors (Lipinski definition) is 3. The van der Waals surface area contributed by atoms with Crippen LogP contribution in [0.2, 0.25) is 0 Å². The molecular formula is C8H6F2O3. The summed E-state index contributed by atoms with van der Waals surface area (Å²) in [6.07, 6.45) is -2.20. The Morgan fingerprint density at radius 1 is 1.23 bits per heavy atom. The maximum atomic E-state index is 12.5. The third-order valence-corrected chi connectivity index (χ3v) is 1.44. The van der Waals surface area contributed by atoms with Gasteiger partial charge in [-0.3, -0.25) is 4.79 Å². The van der Waals surface area contributed by atoms with Gasteiger partial charge in [0.05, 0.1) is 0 Å². The monoisotopic (exact) mass is 188 g/mol.